The average molecular weight is 243 g/mol. The molecule has 1 aromatic rings. The van der Waals surface area contributed by atoms with Crippen LogP contribution in [0.4, 0.5) is 8.78 Å². The summed E-state index contributed by atoms with van der Waals surface area (Å²) in [7, 11) is 0. The van der Waals surface area contributed by atoms with Crippen molar-refractivity contribution >= 4 is 11.8 Å². The summed E-state index contributed by atoms with van der Waals surface area (Å²) < 4.78 is 25.9. The molecular weight excluding hydrogens is 228 g/mol. The summed E-state index contributed by atoms with van der Waals surface area (Å²) in [6.07, 6.45) is 1.12. The van der Waals surface area contributed by atoms with E-state index in [-0.39, 0.29) is 6.04 Å². The predicted molar refractivity (Wildman–Crippen MR) is 63.6 cm³/mol. The van der Waals surface area contributed by atoms with E-state index in [1.165, 1.54) is 12.1 Å². The number of hydrogen-bond acceptors (Lipinski definition) is 2. The quantitative estimate of drug-likeness (QED) is 0.813. The van der Waals surface area contributed by atoms with Crippen LogP contribution in [0.2, 0.25) is 0 Å². The Bertz CT molecular complexity index is 370. The molecule has 0 spiro atoms. The topological polar surface area (TPSA) is 12.0 Å². The van der Waals surface area contributed by atoms with Crippen LogP contribution in [0.5, 0.6) is 0 Å². The van der Waals surface area contributed by atoms with Gasteiger partial charge in [-0.15, -0.1) is 0 Å². The standard InChI is InChI=1S/C12H15F2NS/c1-8-4-5-15-12(7-16-8)9-2-3-10(13)11(14)6-9/h2-3,6,8,12,15H,4-5,7H2,1H3. The number of rotatable bonds is 1. The van der Waals surface area contributed by atoms with Crippen LogP contribution >= 0.6 is 11.8 Å². The van der Waals surface area contributed by atoms with Crippen molar-refractivity contribution in [3.8, 4) is 0 Å². The molecule has 4 heteroatoms. The number of halogens is 2. The highest BCUT2D eigenvalue weighted by Gasteiger charge is 2.18. The minimum atomic E-state index is -0.779. The third-order valence-electron chi connectivity index (χ3n) is 2.84. The fraction of sp³-hybridized carbons (Fsp3) is 0.500. The lowest BCUT2D eigenvalue weighted by Crippen LogP contribution is -2.22. The zero-order valence-electron chi connectivity index (χ0n) is 9.17. The largest absolute Gasteiger partial charge is 0.309 e. The molecule has 2 rings (SSSR count). The Morgan fingerprint density at radius 1 is 1.31 bits per heavy atom. The lowest BCUT2D eigenvalue weighted by molar-refractivity contribution is 0.501. The normalized spacial score (nSPS) is 26.4. The van der Waals surface area contributed by atoms with Gasteiger partial charge in [0.1, 0.15) is 0 Å². The van der Waals surface area contributed by atoms with E-state index < -0.39 is 11.6 Å². The molecule has 16 heavy (non-hydrogen) atoms. The van der Waals surface area contributed by atoms with Gasteiger partial charge in [-0.25, -0.2) is 8.78 Å². The van der Waals surface area contributed by atoms with Crippen LogP contribution in [0, 0.1) is 11.6 Å². The molecule has 1 saturated heterocycles. The van der Waals surface area contributed by atoms with Gasteiger partial charge in [-0.05, 0) is 30.7 Å². The second-order valence-electron chi connectivity index (χ2n) is 4.11. The summed E-state index contributed by atoms with van der Waals surface area (Å²) in [6.45, 7) is 3.12. The van der Waals surface area contributed by atoms with Crippen molar-refractivity contribution in [2.75, 3.05) is 12.3 Å². The summed E-state index contributed by atoms with van der Waals surface area (Å²) in [5, 5.41) is 3.99. The number of nitrogens with one attached hydrogen (secondary N) is 1. The molecule has 2 atom stereocenters. The van der Waals surface area contributed by atoms with E-state index >= 15 is 0 Å². The highest BCUT2D eigenvalue weighted by atomic mass is 32.2. The molecular formula is C12H15F2NS. The first-order valence-corrected chi connectivity index (χ1v) is 6.51. The first kappa shape index (κ1) is 11.9. The molecule has 0 bridgehead atoms. The van der Waals surface area contributed by atoms with Gasteiger partial charge in [0.05, 0.1) is 0 Å². The fourth-order valence-corrected chi connectivity index (χ4v) is 2.92. The van der Waals surface area contributed by atoms with Crippen molar-refractivity contribution in [3.63, 3.8) is 0 Å². The second-order valence-corrected chi connectivity index (χ2v) is 5.58. The van der Waals surface area contributed by atoms with Crippen molar-refractivity contribution in [3.05, 3.63) is 35.4 Å². The summed E-state index contributed by atoms with van der Waals surface area (Å²) in [6, 6.07) is 4.28. The summed E-state index contributed by atoms with van der Waals surface area (Å²) >= 11 is 1.87. The maximum absolute atomic E-state index is 13.1. The van der Waals surface area contributed by atoms with E-state index in [0.29, 0.717) is 5.25 Å². The van der Waals surface area contributed by atoms with Gasteiger partial charge in [0.2, 0.25) is 0 Å². The van der Waals surface area contributed by atoms with Crippen LogP contribution in [0.3, 0.4) is 0 Å². The molecule has 0 saturated carbocycles. The molecule has 1 aliphatic heterocycles. The Kier molecular flexibility index (Phi) is 3.82. The summed E-state index contributed by atoms with van der Waals surface area (Å²) in [5.41, 5.74) is 0.834. The van der Waals surface area contributed by atoms with Crippen LogP contribution in [0.25, 0.3) is 0 Å². The van der Waals surface area contributed by atoms with Gasteiger partial charge in [0, 0.05) is 17.0 Å². The Labute approximate surface area is 98.6 Å². The Hall–Kier alpha value is -0.610. The van der Waals surface area contributed by atoms with Crippen LogP contribution in [0.15, 0.2) is 18.2 Å². The lowest BCUT2D eigenvalue weighted by Gasteiger charge is -2.15. The zero-order valence-corrected chi connectivity index (χ0v) is 9.99. The van der Waals surface area contributed by atoms with E-state index in [0.717, 1.165) is 24.3 Å². The fourth-order valence-electron chi connectivity index (χ4n) is 1.81. The second kappa shape index (κ2) is 5.15. The minimum absolute atomic E-state index is 0.130. The molecule has 1 fully saturated rings. The van der Waals surface area contributed by atoms with Crippen molar-refractivity contribution < 1.29 is 8.78 Å². The molecule has 1 N–H and O–H groups in total. The number of thioether (sulfide) groups is 1. The van der Waals surface area contributed by atoms with Crippen molar-refractivity contribution in [1.82, 2.24) is 5.32 Å². The smallest absolute Gasteiger partial charge is 0.159 e. The lowest BCUT2D eigenvalue weighted by atomic mass is 10.1. The Balaban J connectivity index is 2.13. The van der Waals surface area contributed by atoms with E-state index in [9.17, 15) is 8.78 Å². The molecule has 1 aromatic carbocycles. The maximum atomic E-state index is 13.1. The Morgan fingerprint density at radius 2 is 2.12 bits per heavy atom. The molecule has 1 aliphatic rings. The van der Waals surface area contributed by atoms with Crippen molar-refractivity contribution in [2.45, 2.75) is 24.6 Å². The van der Waals surface area contributed by atoms with E-state index in [2.05, 4.69) is 12.2 Å². The van der Waals surface area contributed by atoms with Gasteiger partial charge in [0.25, 0.3) is 0 Å². The minimum Gasteiger partial charge on any atom is -0.309 e. The first-order valence-electron chi connectivity index (χ1n) is 5.47. The monoisotopic (exact) mass is 243 g/mol. The predicted octanol–water partition coefficient (Wildman–Crippen LogP) is 3.12. The van der Waals surface area contributed by atoms with Gasteiger partial charge in [-0.2, -0.15) is 11.8 Å². The summed E-state index contributed by atoms with van der Waals surface area (Å²) in [4.78, 5) is 0. The zero-order chi connectivity index (χ0) is 11.5. The molecule has 0 radical (unpaired) electrons. The molecule has 0 aromatic heterocycles. The van der Waals surface area contributed by atoms with E-state index in [4.69, 9.17) is 0 Å². The van der Waals surface area contributed by atoms with Crippen LogP contribution in [0.1, 0.15) is 24.9 Å². The van der Waals surface area contributed by atoms with Gasteiger partial charge in [0.15, 0.2) is 11.6 Å². The first-order chi connectivity index (χ1) is 7.66. The number of hydrogen-bond donors (Lipinski definition) is 1. The van der Waals surface area contributed by atoms with Crippen LogP contribution < -0.4 is 5.32 Å². The van der Waals surface area contributed by atoms with Gasteiger partial charge >= 0.3 is 0 Å². The molecule has 1 heterocycles. The van der Waals surface area contributed by atoms with Crippen LogP contribution in [-0.4, -0.2) is 17.5 Å². The number of benzene rings is 1. The highest BCUT2D eigenvalue weighted by molar-refractivity contribution is 7.99. The third kappa shape index (κ3) is 2.74. The van der Waals surface area contributed by atoms with Crippen molar-refractivity contribution in [1.29, 1.82) is 0 Å². The van der Waals surface area contributed by atoms with Crippen molar-refractivity contribution in [2.24, 2.45) is 0 Å². The molecule has 2 unspecified atom stereocenters. The maximum Gasteiger partial charge on any atom is 0.159 e. The van der Waals surface area contributed by atoms with E-state index in [1.54, 1.807) is 6.07 Å². The molecule has 88 valence electrons. The summed E-state index contributed by atoms with van der Waals surface area (Å²) in [5.74, 6) is -0.633. The molecule has 0 amide bonds. The third-order valence-corrected chi connectivity index (χ3v) is 4.17. The molecule has 1 nitrogen and oxygen atoms in total. The Morgan fingerprint density at radius 3 is 2.88 bits per heavy atom. The highest BCUT2D eigenvalue weighted by Crippen LogP contribution is 2.26. The van der Waals surface area contributed by atoms with Gasteiger partial charge in [-0.1, -0.05) is 13.0 Å². The van der Waals surface area contributed by atoms with Gasteiger partial charge < -0.3 is 5.32 Å². The molecule has 0 aliphatic carbocycles. The van der Waals surface area contributed by atoms with E-state index in [1.807, 2.05) is 11.8 Å². The average Bonchev–Trinajstić information content (AvgIpc) is 2.47. The van der Waals surface area contributed by atoms with Gasteiger partial charge in [-0.3, -0.25) is 0 Å². The SMILES string of the molecule is CC1CCNC(c2ccc(F)c(F)c2)CS1. The van der Waals surface area contributed by atoms with Crippen LogP contribution in [-0.2, 0) is 0 Å².